The van der Waals surface area contributed by atoms with Gasteiger partial charge in [0, 0.05) is 34.3 Å². The predicted octanol–water partition coefficient (Wildman–Crippen LogP) is 4.90. The third kappa shape index (κ3) is 5.37. The summed E-state index contributed by atoms with van der Waals surface area (Å²) in [7, 11) is 1.55. The van der Waals surface area contributed by atoms with E-state index in [-0.39, 0.29) is 18.0 Å². The number of carbonyl (C=O) groups is 1. The van der Waals surface area contributed by atoms with Crippen LogP contribution in [0.5, 0.6) is 11.5 Å². The zero-order chi connectivity index (χ0) is 24.1. The van der Waals surface area contributed by atoms with Gasteiger partial charge in [-0.3, -0.25) is 4.79 Å². The highest BCUT2D eigenvalue weighted by Gasteiger charge is 2.14. The van der Waals surface area contributed by atoms with Crippen LogP contribution in [0, 0.1) is 18.6 Å². The molecule has 0 atom stereocenters. The van der Waals surface area contributed by atoms with Crippen molar-refractivity contribution in [1.82, 2.24) is 15.0 Å². The number of nitrogens with zero attached hydrogens (tertiary/aromatic N) is 3. The first-order valence-electron chi connectivity index (χ1n) is 10.2. The van der Waals surface area contributed by atoms with Crippen molar-refractivity contribution >= 4 is 44.8 Å². The van der Waals surface area contributed by atoms with Gasteiger partial charge >= 0.3 is 0 Å². The van der Waals surface area contributed by atoms with Gasteiger partial charge in [-0.05, 0) is 31.5 Å². The molecule has 0 spiro atoms. The molecule has 0 bridgehead atoms. The summed E-state index contributed by atoms with van der Waals surface area (Å²) in [5, 5.41) is 6.90. The SMILES string of the molecule is [CH2]CCOc1cc2ncnc(Nc3ncc(CC(=O)Nc4ccc(F)c(F)c4)s3)c2cc1OC. The molecule has 1 amide bonds. The number of nitrogens with one attached hydrogen (secondary N) is 2. The molecule has 2 heterocycles. The average Bonchev–Trinajstić information content (AvgIpc) is 3.26. The first kappa shape index (κ1) is 23.3. The molecule has 0 aliphatic rings. The molecular formula is C23H20F2N5O3S. The molecule has 0 unspecified atom stereocenters. The molecular weight excluding hydrogens is 464 g/mol. The number of aromatic nitrogens is 3. The number of carbonyl (C=O) groups excluding carboxylic acids is 1. The number of amides is 1. The summed E-state index contributed by atoms with van der Waals surface area (Å²) in [6, 6.07) is 6.72. The first-order chi connectivity index (χ1) is 16.5. The van der Waals surface area contributed by atoms with E-state index in [1.54, 1.807) is 25.4 Å². The third-order valence-corrected chi connectivity index (χ3v) is 5.55. The van der Waals surface area contributed by atoms with Crippen LogP contribution in [0.3, 0.4) is 0 Å². The van der Waals surface area contributed by atoms with Crippen LogP contribution in [0.4, 0.5) is 25.4 Å². The minimum Gasteiger partial charge on any atom is -0.493 e. The quantitative estimate of drug-likeness (QED) is 0.349. The second kappa shape index (κ2) is 10.4. The number of anilines is 3. The molecule has 2 aromatic carbocycles. The zero-order valence-electron chi connectivity index (χ0n) is 18.1. The van der Waals surface area contributed by atoms with Crippen molar-refractivity contribution in [3.63, 3.8) is 0 Å². The molecule has 0 fully saturated rings. The molecule has 175 valence electrons. The fourth-order valence-corrected chi connectivity index (χ4v) is 3.91. The topological polar surface area (TPSA) is 98.3 Å². The fourth-order valence-electron chi connectivity index (χ4n) is 3.10. The van der Waals surface area contributed by atoms with Gasteiger partial charge in [-0.1, -0.05) is 0 Å². The van der Waals surface area contributed by atoms with Gasteiger partial charge in [0.05, 0.1) is 25.7 Å². The van der Waals surface area contributed by atoms with E-state index in [1.807, 2.05) is 0 Å². The summed E-state index contributed by atoms with van der Waals surface area (Å²) in [6.07, 6.45) is 3.62. The monoisotopic (exact) mass is 484 g/mol. The summed E-state index contributed by atoms with van der Waals surface area (Å²) >= 11 is 1.26. The molecule has 4 rings (SSSR count). The normalized spacial score (nSPS) is 10.8. The molecule has 11 heteroatoms. The number of benzene rings is 2. The number of hydrogen-bond donors (Lipinski definition) is 2. The largest absolute Gasteiger partial charge is 0.493 e. The Labute approximate surface area is 198 Å². The molecule has 2 aromatic heterocycles. The Morgan fingerprint density at radius 1 is 1.12 bits per heavy atom. The Bertz CT molecular complexity index is 1330. The standard InChI is InChI=1S/C23H20F2N5O3S/c1-3-6-33-20-10-18-15(9-19(20)32-2)22(28-12-27-18)30-23-26-11-14(34-23)8-21(31)29-13-4-5-16(24)17(25)7-13/h4-5,7,9-12H,1,3,6,8H2,2H3,(H,29,31)(H,26,27,28,30). The minimum atomic E-state index is -1.03. The van der Waals surface area contributed by atoms with Crippen molar-refractivity contribution < 1.29 is 23.0 Å². The maximum atomic E-state index is 13.3. The summed E-state index contributed by atoms with van der Waals surface area (Å²) in [4.78, 5) is 25.9. The zero-order valence-corrected chi connectivity index (χ0v) is 18.9. The van der Waals surface area contributed by atoms with Gasteiger partial charge < -0.3 is 20.1 Å². The summed E-state index contributed by atoms with van der Waals surface area (Å²) in [6.45, 7) is 4.21. The Morgan fingerprint density at radius 2 is 1.97 bits per heavy atom. The summed E-state index contributed by atoms with van der Waals surface area (Å²) in [5.41, 5.74) is 0.826. The van der Waals surface area contributed by atoms with E-state index >= 15 is 0 Å². The van der Waals surface area contributed by atoms with E-state index in [0.717, 1.165) is 12.1 Å². The van der Waals surface area contributed by atoms with Gasteiger partial charge in [-0.25, -0.2) is 23.7 Å². The van der Waals surface area contributed by atoms with Gasteiger partial charge in [0.2, 0.25) is 5.91 Å². The van der Waals surface area contributed by atoms with Crippen LogP contribution < -0.4 is 20.1 Å². The molecule has 0 saturated carbocycles. The highest BCUT2D eigenvalue weighted by atomic mass is 32.1. The Kier molecular flexibility index (Phi) is 7.12. The Balaban J connectivity index is 1.48. The lowest BCUT2D eigenvalue weighted by molar-refractivity contribution is -0.115. The lowest BCUT2D eigenvalue weighted by Gasteiger charge is -2.12. The molecule has 0 aliphatic carbocycles. The average molecular weight is 485 g/mol. The van der Waals surface area contributed by atoms with Crippen molar-refractivity contribution in [3.8, 4) is 11.5 Å². The molecule has 34 heavy (non-hydrogen) atoms. The van der Waals surface area contributed by atoms with Crippen LogP contribution >= 0.6 is 11.3 Å². The third-order valence-electron chi connectivity index (χ3n) is 4.64. The van der Waals surface area contributed by atoms with Crippen LogP contribution in [-0.4, -0.2) is 34.6 Å². The van der Waals surface area contributed by atoms with Crippen molar-refractivity contribution in [2.24, 2.45) is 0 Å². The van der Waals surface area contributed by atoms with Gasteiger partial charge in [-0.15, -0.1) is 11.3 Å². The predicted molar refractivity (Wildman–Crippen MR) is 126 cm³/mol. The van der Waals surface area contributed by atoms with E-state index in [9.17, 15) is 13.6 Å². The van der Waals surface area contributed by atoms with Gasteiger partial charge in [0.1, 0.15) is 12.1 Å². The fraction of sp³-hybridized carbons (Fsp3) is 0.174. The first-order valence-corrected chi connectivity index (χ1v) is 11.0. The number of rotatable bonds is 9. The van der Waals surface area contributed by atoms with Crippen LogP contribution in [0.25, 0.3) is 10.9 Å². The number of hydrogen-bond acceptors (Lipinski definition) is 8. The summed E-state index contributed by atoms with van der Waals surface area (Å²) in [5.74, 6) is -0.781. The number of thiazole rings is 1. The molecule has 8 nitrogen and oxygen atoms in total. The van der Waals surface area contributed by atoms with Crippen LogP contribution in [-0.2, 0) is 11.2 Å². The van der Waals surface area contributed by atoms with Crippen molar-refractivity contribution in [3.05, 3.63) is 66.3 Å². The number of fused-ring (bicyclic) bond motifs is 1. The lowest BCUT2D eigenvalue weighted by Crippen LogP contribution is -2.13. The van der Waals surface area contributed by atoms with Crippen LogP contribution in [0.2, 0.25) is 0 Å². The van der Waals surface area contributed by atoms with Crippen molar-refractivity contribution in [2.75, 3.05) is 24.4 Å². The number of halogens is 2. The highest BCUT2D eigenvalue weighted by Crippen LogP contribution is 2.35. The van der Waals surface area contributed by atoms with Crippen molar-refractivity contribution in [1.29, 1.82) is 0 Å². The Morgan fingerprint density at radius 3 is 2.74 bits per heavy atom. The second-order valence-corrected chi connectivity index (χ2v) is 8.17. The van der Waals surface area contributed by atoms with Crippen LogP contribution in [0.15, 0.2) is 42.9 Å². The van der Waals surface area contributed by atoms with E-state index in [0.29, 0.717) is 51.3 Å². The smallest absolute Gasteiger partial charge is 0.229 e. The Hall–Kier alpha value is -3.86. The van der Waals surface area contributed by atoms with Crippen LogP contribution in [0.1, 0.15) is 11.3 Å². The van der Waals surface area contributed by atoms with Crippen molar-refractivity contribution in [2.45, 2.75) is 12.8 Å². The maximum Gasteiger partial charge on any atom is 0.229 e. The van der Waals surface area contributed by atoms with Gasteiger partial charge in [0.15, 0.2) is 28.3 Å². The molecule has 0 aliphatic heterocycles. The summed E-state index contributed by atoms with van der Waals surface area (Å²) < 4.78 is 37.5. The van der Waals surface area contributed by atoms with E-state index in [4.69, 9.17) is 9.47 Å². The molecule has 2 N–H and O–H groups in total. The lowest BCUT2D eigenvalue weighted by atomic mass is 10.2. The van der Waals surface area contributed by atoms with Gasteiger partial charge in [0.25, 0.3) is 0 Å². The second-order valence-electron chi connectivity index (χ2n) is 7.06. The number of methoxy groups -OCH3 is 1. The van der Waals surface area contributed by atoms with E-state index < -0.39 is 11.6 Å². The molecule has 4 aromatic rings. The number of ether oxygens (including phenoxy) is 2. The molecule has 1 radical (unpaired) electrons. The molecule has 0 saturated heterocycles. The van der Waals surface area contributed by atoms with E-state index in [2.05, 4.69) is 32.5 Å². The van der Waals surface area contributed by atoms with E-state index in [1.165, 1.54) is 23.7 Å². The maximum absolute atomic E-state index is 13.3. The minimum absolute atomic E-state index is 0.0175. The van der Waals surface area contributed by atoms with Gasteiger partial charge in [-0.2, -0.15) is 0 Å². The highest BCUT2D eigenvalue weighted by molar-refractivity contribution is 7.15.